The van der Waals surface area contributed by atoms with Crippen molar-refractivity contribution < 1.29 is 4.79 Å². The topological polar surface area (TPSA) is 39.3 Å². The van der Waals surface area contributed by atoms with Crippen LogP contribution in [0.1, 0.15) is 29.1 Å². The van der Waals surface area contributed by atoms with Crippen LogP contribution < -0.4 is 0 Å². The molecule has 1 aliphatic rings. The molecule has 2 aromatic heterocycles. The van der Waals surface area contributed by atoms with Gasteiger partial charge in [0.25, 0.3) is 5.91 Å². The molecular weight excluding hydrogens is 366 g/mol. The molecule has 136 valence electrons. The molecule has 1 aliphatic heterocycles. The number of nitrogens with one attached hydrogen (secondary N) is 1. The minimum atomic E-state index is -0.247. The summed E-state index contributed by atoms with van der Waals surface area (Å²) >= 11 is 8.20. The maximum atomic E-state index is 13.2. The molecule has 3 heterocycles. The van der Waals surface area contributed by atoms with Crippen molar-refractivity contribution in [1.29, 1.82) is 0 Å². The molecule has 0 radical (unpaired) electrons. The summed E-state index contributed by atoms with van der Waals surface area (Å²) in [5, 5.41) is 3.62. The molecule has 0 saturated carbocycles. The molecular formula is C20H22ClN3OS. The summed E-state index contributed by atoms with van der Waals surface area (Å²) in [6.45, 7) is 7.64. The van der Waals surface area contributed by atoms with Crippen LogP contribution in [0.5, 0.6) is 0 Å². The minimum absolute atomic E-state index is 0.0128. The maximum absolute atomic E-state index is 13.2. The fourth-order valence-electron chi connectivity index (χ4n) is 3.77. The van der Waals surface area contributed by atoms with Gasteiger partial charge in [-0.05, 0) is 43.5 Å². The van der Waals surface area contributed by atoms with Crippen LogP contribution in [-0.2, 0) is 6.54 Å². The van der Waals surface area contributed by atoms with Crippen LogP contribution in [0, 0.1) is 0 Å². The number of carbonyl (C=O) groups is 1. The number of hydrogen-bond donors (Lipinski definition) is 1. The van der Waals surface area contributed by atoms with Crippen LogP contribution in [-0.4, -0.2) is 45.9 Å². The van der Waals surface area contributed by atoms with E-state index >= 15 is 0 Å². The number of H-pyrrole nitrogens is 1. The van der Waals surface area contributed by atoms with Gasteiger partial charge in [-0.25, -0.2) is 0 Å². The number of rotatable bonds is 3. The Bertz CT molecular complexity index is 932. The Kier molecular flexibility index (Phi) is 4.55. The molecule has 0 unspecified atom stereocenters. The second kappa shape index (κ2) is 6.72. The highest BCUT2D eigenvalue weighted by Gasteiger charge is 2.37. The average Bonchev–Trinajstić information content (AvgIpc) is 3.24. The smallest absolute Gasteiger partial charge is 0.255 e. The van der Waals surface area contributed by atoms with Crippen LogP contribution in [0.4, 0.5) is 0 Å². The molecule has 1 aromatic carbocycles. The molecule has 0 atom stereocenters. The van der Waals surface area contributed by atoms with Crippen LogP contribution in [0.3, 0.4) is 0 Å². The molecule has 1 fully saturated rings. The summed E-state index contributed by atoms with van der Waals surface area (Å²) in [5.74, 6) is 0.0128. The van der Waals surface area contributed by atoms with E-state index in [1.807, 2.05) is 29.3 Å². The van der Waals surface area contributed by atoms with Crippen molar-refractivity contribution in [3.8, 4) is 0 Å². The highest BCUT2D eigenvalue weighted by molar-refractivity contribution is 7.09. The number of benzene rings is 1. The van der Waals surface area contributed by atoms with Gasteiger partial charge in [-0.2, -0.15) is 0 Å². The van der Waals surface area contributed by atoms with E-state index in [0.29, 0.717) is 17.1 Å². The van der Waals surface area contributed by atoms with Crippen molar-refractivity contribution in [2.75, 3.05) is 19.6 Å². The molecule has 3 aromatic rings. The largest absolute Gasteiger partial charge is 0.361 e. The van der Waals surface area contributed by atoms with Crippen LogP contribution in [0.15, 0.2) is 41.9 Å². The summed E-state index contributed by atoms with van der Waals surface area (Å²) in [7, 11) is 0. The van der Waals surface area contributed by atoms with Gasteiger partial charge in [0.05, 0.1) is 16.1 Å². The monoisotopic (exact) mass is 387 g/mol. The molecule has 0 aliphatic carbocycles. The lowest BCUT2D eigenvalue weighted by Gasteiger charge is -2.47. The molecule has 1 saturated heterocycles. The number of thiophene rings is 1. The first-order valence-electron chi connectivity index (χ1n) is 8.77. The Morgan fingerprint density at radius 3 is 2.88 bits per heavy atom. The van der Waals surface area contributed by atoms with Crippen molar-refractivity contribution in [3.63, 3.8) is 0 Å². The van der Waals surface area contributed by atoms with Crippen molar-refractivity contribution in [2.45, 2.75) is 25.9 Å². The zero-order valence-corrected chi connectivity index (χ0v) is 16.5. The van der Waals surface area contributed by atoms with Crippen LogP contribution in [0.25, 0.3) is 10.9 Å². The van der Waals surface area contributed by atoms with Gasteiger partial charge in [0, 0.05) is 48.2 Å². The summed E-state index contributed by atoms with van der Waals surface area (Å²) in [6.07, 6.45) is 1.86. The number of aromatic amines is 1. The fraction of sp³-hybridized carbons (Fsp3) is 0.350. The lowest BCUT2D eigenvalue weighted by molar-refractivity contribution is 0.0162. The van der Waals surface area contributed by atoms with E-state index in [1.165, 1.54) is 4.88 Å². The zero-order valence-electron chi connectivity index (χ0n) is 15.0. The Morgan fingerprint density at radius 1 is 1.31 bits per heavy atom. The predicted octanol–water partition coefficient (Wildman–Crippen LogP) is 4.62. The molecule has 4 nitrogen and oxygen atoms in total. The van der Waals surface area contributed by atoms with Gasteiger partial charge >= 0.3 is 0 Å². The van der Waals surface area contributed by atoms with Gasteiger partial charge in [0.1, 0.15) is 0 Å². The molecule has 1 N–H and O–H groups in total. The summed E-state index contributed by atoms with van der Waals surface area (Å²) in [5.41, 5.74) is 1.29. The first kappa shape index (κ1) is 17.6. The number of fused-ring (bicyclic) bond motifs is 1. The number of aromatic nitrogens is 1. The maximum Gasteiger partial charge on any atom is 0.255 e. The molecule has 26 heavy (non-hydrogen) atoms. The molecule has 0 bridgehead atoms. The highest BCUT2D eigenvalue weighted by Crippen LogP contribution is 2.29. The van der Waals surface area contributed by atoms with E-state index < -0.39 is 0 Å². The third kappa shape index (κ3) is 3.27. The lowest BCUT2D eigenvalue weighted by Crippen LogP contribution is -2.60. The third-order valence-corrected chi connectivity index (χ3v) is 6.23. The normalized spacial score (nSPS) is 17.7. The number of piperazine rings is 1. The quantitative estimate of drug-likeness (QED) is 0.712. The standard InChI is InChI=1S/C20H22ClN3OS/c1-20(2)13-23(12-15-4-3-9-26-15)7-8-24(20)19(25)16-10-14-5-6-22-18(14)11-17(16)21/h3-6,9-11,22H,7-8,12-13H2,1-2H3. The fourth-order valence-corrected chi connectivity index (χ4v) is 4.76. The minimum Gasteiger partial charge on any atom is -0.361 e. The molecule has 4 rings (SSSR count). The van der Waals surface area contributed by atoms with Gasteiger partial charge in [0.2, 0.25) is 0 Å². The number of amides is 1. The number of hydrogen-bond acceptors (Lipinski definition) is 3. The van der Waals surface area contributed by atoms with Gasteiger partial charge in [-0.3, -0.25) is 9.69 Å². The first-order chi connectivity index (χ1) is 12.4. The number of halogens is 1. The second-order valence-electron chi connectivity index (χ2n) is 7.46. The van der Waals surface area contributed by atoms with Gasteiger partial charge in [-0.1, -0.05) is 17.7 Å². The molecule has 0 spiro atoms. The second-order valence-corrected chi connectivity index (χ2v) is 8.90. The number of carbonyl (C=O) groups excluding carboxylic acids is 1. The van der Waals surface area contributed by atoms with E-state index in [0.717, 1.165) is 30.5 Å². The van der Waals surface area contributed by atoms with E-state index in [2.05, 4.69) is 41.2 Å². The van der Waals surface area contributed by atoms with Crippen molar-refractivity contribution in [3.05, 3.63) is 57.4 Å². The lowest BCUT2D eigenvalue weighted by atomic mass is 9.97. The summed E-state index contributed by atoms with van der Waals surface area (Å²) < 4.78 is 0. The van der Waals surface area contributed by atoms with Crippen LogP contribution >= 0.6 is 22.9 Å². The van der Waals surface area contributed by atoms with Crippen molar-refractivity contribution in [2.24, 2.45) is 0 Å². The first-order valence-corrected chi connectivity index (χ1v) is 10.0. The Morgan fingerprint density at radius 2 is 2.15 bits per heavy atom. The average molecular weight is 388 g/mol. The van der Waals surface area contributed by atoms with Crippen molar-refractivity contribution in [1.82, 2.24) is 14.8 Å². The Labute approximate surface area is 162 Å². The van der Waals surface area contributed by atoms with Gasteiger partial charge in [0.15, 0.2) is 0 Å². The highest BCUT2D eigenvalue weighted by atomic mass is 35.5. The van der Waals surface area contributed by atoms with E-state index in [9.17, 15) is 4.79 Å². The predicted molar refractivity (Wildman–Crippen MR) is 108 cm³/mol. The number of nitrogens with zero attached hydrogens (tertiary/aromatic N) is 2. The summed E-state index contributed by atoms with van der Waals surface area (Å²) in [4.78, 5) is 22.1. The van der Waals surface area contributed by atoms with Gasteiger partial charge < -0.3 is 9.88 Å². The zero-order chi connectivity index (χ0) is 18.3. The summed E-state index contributed by atoms with van der Waals surface area (Å²) in [6, 6.07) is 9.95. The Hall–Kier alpha value is -1.82. The SMILES string of the molecule is CC1(C)CN(Cc2cccs2)CCN1C(=O)c1cc2cc[nH]c2cc1Cl. The van der Waals surface area contributed by atoms with E-state index in [1.54, 1.807) is 11.3 Å². The molecule has 6 heteroatoms. The van der Waals surface area contributed by atoms with Gasteiger partial charge in [-0.15, -0.1) is 11.3 Å². The van der Waals surface area contributed by atoms with E-state index in [4.69, 9.17) is 11.6 Å². The van der Waals surface area contributed by atoms with Crippen LogP contribution in [0.2, 0.25) is 5.02 Å². The Balaban J connectivity index is 1.55. The van der Waals surface area contributed by atoms with Crippen molar-refractivity contribution >= 4 is 39.7 Å². The molecule has 1 amide bonds. The third-order valence-electron chi connectivity index (χ3n) is 5.06. The van der Waals surface area contributed by atoms with E-state index in [-0.39, 0.29) is 11.4 Å².